The van der Waals surface area contributed by atoms with Crippen LogP contribution in [-0.2, 0) is 14.3 Å². The monoisotopic (exact) mass is 443 g/mol. The summed E-state index contributed by atoms with van der Waals surface area (Å²) in [5.41, 5.74) is 2.38. The molecule has 1 fully saturated rings. The van der Waals surface area contributed by atoms with Crippen LogP contribution in [0.3, 0.4) is 0 Å². The first kappa shape index (κ1) is 16.9. The number of hydrogen-bond donors (Lipinski definition) is 0. The van der Waals surface area contributed by atoms with Gasteiger partial charge in [0.15, 0.2) is 3.61 Å². The Bertz CT molecular complexity index is 719. The summed E-state index contributed by atoms with van der Waals surface area (Å²) in [7, 11) is -3.46. The number of halogens is 1. The molecule has 0 N–H and O–H groups in total. The van der Waals surface area contributed by atoms with E-state index in [4.69, 9.17) is 4.18 Å². The van der Waals surface area contributed by atoms with E-state index in [0.29, 0.717) is 13.1 Å². The molecule has 4 nitrogen and oxygen atoms in total. The molecular formula is C17H18INO3S. The maximum Gasteiger partial charge on any atom is 0.265 e. The molecule has 0 amide bonds. The Balaban J connectivity index is 1.85. The number of alkyl halides is 1. The molecule has 122 valence electrons. The second-order valence-electron chi connectivity index (χ2n) is 5.80. The van der Waals surface area contributed by atoms with Gasteiger partial charge >= 0.3 is 0 Å². The van der Waals surface area contributed by atoms with E-state index in [-0.39, 0.29) is 6.04 Å². The lowest BCUT2D eigenvalue weighted by Gasteiger charge is -2.49. The van der Waals surface area contributed by atoms with Gasteiger partial charge in [0.05, 0.1) is 12.3 Å². The van der Waals surface area contributed by atoms with Gasteiger partial charge in [-0.15, -0.1) is 0 Å². The van der Waals surface area contributed by atoms with Crippen molar-refractivity contribution in [2.75, 3.05) is 19.3 Å². The quantitative estimate of drug-likeness (QED) is 0.405. The lowest BCUT2D eigenvalue weighted by Crippen LogP contribution is -2.60. The molecule has 1 saturated heterocycles. The Kier molecular flexibility index (Phi) is 4.78. The molecule has 0 unspecified atom stereocenters. The summed E-state index contributed by atoms with van der Waals surface area (Å²) in [5.74, 6) is 0. The summed E-state index contributed by atoms with van der Waals surface area (Å²) in [6.45, 7) is 1.13. The van der Waals surface area contributed by atoms with Gasteiger partial charge in [-0.3, -0.25) is 9.08 Å². The maximum absolute atomic E-state index is 11.4. The van der Waals surface area contributed by atoms with E-state index in [1.165, 1.54) is 11.1 Å². The second kappa shape index (κ2) is 6.51. The van der Waals surface area contributed by atoms with Crippen LogP contribution in [0.25, 0.3) is 0 Å². The van der Waals surface area contributed by atoms with Crippen molar-refractivity contribution >= 4 is 32.7 Å². The summed E-state index contributed by atoms with van der Waals surface area (Å²) in [5, 5.41) is 0. The Hall–Kier alpha value is -0.960. The van der Waals surface area contributed by atoms with Crippen molar-refractivity contribution in [1.82, 2.24) is 4.90 Å². The highest BCUT2D eigenvalue weighted by Crippen LogP contribution is 2.41. The zero-order chi connectivity index (χ0) is 16.5. The Labute approximate surface area is 150 Å². The van der Waals surface area contributed by atoms with Crippen LogP contribution in [0.2, 0.25) is 0 Å². The van der Waals surface area contributed by atoms with Crippen LogP contribution in [0.15, 0.2) is 60.7 Å². The lowest BCUT2D eigenvalue weighted by atomic mass is 9.94. The predicted octanol–water partition coefficient (Wildman–Crippen LogP) is 3.20. The summed E-state index contributed by atoms with van der Waals surface area (Å²) < 4.78 is 27.4. The maximum atomic E-state index is 11.4. The molecule has 0 aliphatic carbocycles. The van der Waals surface area contributed by atoms with Crippen molar-refractivity contribution in [3.8, 4) is 0 Å². The molecule has 2 aromatic rings. The van der Waals surface area contributed by atoms with Crippen LogP contribution < -0.4 is 0 Å². The van der Waals surface area contributed by atoms with E-state index in [0.717, 1.165) is 6.26 Å². The second-order valence-corrected chi connectivity index (χ2v) is 9.34. The fourth-order valence-corrected chi connectivity index (χ4v) is 5.46. The van der Waals surface area contributed by atoms with Crippen molar-refractivity contribution in [2.45, 2.75) is 9.65 Å². The molecule has 0 atom stereocenters. The molecule has 3 rings (SSSR count). The van der Waals surface area contributed by atoms with Gasteiger partial charge < -0.3 is 0 Å². The summed E-state index contributed by atoms with van der Waals surface area (Å²) in [6.07, 6.45) is 1.10. The fourth-order valence-electron chi connectivity index (χ4n) is 2.95. The predicted molar refractivity (Wildman–Crippen MR) is 99.0 cm³/mol. The SMILES string of the molecule is CS(=O)(=O)OC1(I)CN(C(c2ccccc2)c2ccccc2)C1. The van der Waals surface area contributed by atoms with Crippen LogP contribution in [0.4, 0.5) is 0 Å². The van der Waals surface area contributed by atoms with E-state index in [9.17, 15) is 8.42 Å². The molecule has 23 heavy (non-hydrogen) atoms. The molecule has 0 bridgehead atoms. The molecule has 0 spiro atoms. The van der Waals surface area contributed by atoms with Crippen LogP contribution in [0.5, 0.6) is 0 Å². The molecule has 2 aromatic carbocycles. The third-order valence-corrected chi connectivity index (χ3v) is 5.60. The Morgan fingerprint density at radius 1 is 1.00 bits per heavy atom. The van der Waals surface area contributed by atoms with E-state index >= 15 is 0 Å². The highest BCUT2D eigenvalue weighted by molar-refractivity contribution is 14.1. The van der Waals surface area contributed by atoms with Crippen molar-refractivity contribution in [3.63, 3.8) is 0 Å². The van der Waals surface area contributed by atoms with Gasteiger partial charge in [-0.2, -0.15) is 8.42 Å². The number of nitrogens with zero attached hydrogens (tertiary/aromatic N) is 1. The summed E-state index contributed by atoms with van der Waals surface area (Å²) in [4.78, 5) is 2.24. The average Bonchev–Trinajstić information content (AvgIpc) is 2.46. The highest BCUT2D eigenvalue weighted by atomic mass is 127. The highest BCUT2D eigenvalue weighted by Gasteiger charge is 2.47. The summed E-state index contributed by atoms with van der Waals surface area (Å²) >= 11 is 2.10. The van der Waals surface area contributed by atoms with Crippen LogP contribution in [0, 0.1) is 0 Å². The van der Waals surface area contributed by atoms with Crippen molar-refractivity contribution in [2.24, 2.45) is 0 Å². The topological polar surface area (TPSA) is 46.6 Å². The van der Waals surface area contributed by atoms with Gasteiger partial charge in [-0.05, 0) is 33.7 Å². The van der Waals surface area contributed by atoms with Gasteiger partial charge in [0.25, 0.3) is 10.1 Å². The fraction of sp³-hybridized carbons (Fsp3) is 0.294. The Morgan fingerprint density at radius 2 is 1.43 bits per heavy atom. The van der Waals surface area contributed by atoms with Crippen LogP contribution >= 0.6 is 22.6 Å². The van der Waals surface area contributed by atoms with Gasteiger partial charge in [-0.1, -0.05) is 60.7 Å². The minimum absolute atomic E-state index is 0.100. The normalized spacial score (nSPS) is 17.9. The number of hydrogen-bond acceptors (Lipinski definition) is 4. The molecule has 0 aromatic heterocycles. The van der Waals surface area contributed by atoms with E-state index < -0.39 is 13.7 Å². The van der Waals surface area contributed by atoms with E-state index in [2.05, 4.69) is 51.8 Å². The molecular weight excluding hydrogens is 425 g/mol. The first-order valence-electron chi connectivity index (χ1n) is 7.30. The first-order valence-corrected chi connectivity index (χ1v) is 10.2. The smallest absolute Gasteiger partial charge is 0.265 e. The van der Waals surface area contributed by atoms with Crippen LogP contribution in [0.1, 0.15) is 17.2 Å². The minimum Gasteiger partial charge on any atom is -0.285 e. The van der Waals surface area contributed by atoms with Gasteiger partial charge in [0, 0.05) is 13.1 Å². The minimum atomic E-state index is -3.46. The molecule has 6 heteroatoms. The molecule has 0 saturated carbocycles. The number of likely N-dealkylation sites (tertiary alicyclic amines) is 1. The van der Waals surface area contributed by atoms with E-state index in [1.54, 1.807) is 0 Å². The summed E-state index contributed by atoms with van der Waals surface area (Å²) in [6, 6.07) is 20.6. The zero-order valence-electron chi connectivity index (χ0n) is 12.7. The first-order chi connectivity index (χ1) is 10.9. The van der Waals surface area contributed by atoms with Gasteiger partial charge in [0.2, 0.25) is 0 Å². The number of rotatable bonds is 5. The largest absolute Gasteiger partial charge is 0.285 e. The molecule has 1 heterocycles. The zero-order valence-corrected chi connectivity index (χ0v) is 15.7. The van der Waals surface area contributed by atoms with Crippen molar-refractivity contribution in [3.05, 3.63) is 71.8 Å². The van der Waals surface area contributed by atoms with Crippen molar-refractivity contribution < 1.29 is 12.6 Å². The standard InChI is InChI=1S/C17H18INO3S/c1-23(20,21)22-17(18)12-19(13-17)16(14-8-4-2-5-9-14)15-10-6-3-7-11-15/h2-11,16H,12-13H2,1H3. The third kappa shape index (κ3) is 4.12. The number of benzene rings is 2. The molecule has 1 aliphatic rings. The van der Waals surface area contributed by atoms with Crippen molar-refractivity contribution in [1.29, 1.82) is 0 Å². The third-order valence-electron chi connectivity index (χ3n) is 3.77. The van der Waals surface area contributed by atoms with Gasteiger partial charge in [-0.25, -0.2) is 0 Å². The molecule has 0 radical (unpaired) electrons. The molecule has 1 aliphatic heterocycles. The average molecular weight is 443 g/mol. The van der Waals surface area contributed by atoms with Gasteiger partial charge in [0.1, 0.15) is 0 Å². The lowest BCUT2D eigenvalue weighted by molar-refractivity contribution is -0.00809. The van der Waals surface area contributed by atoms with E-state index in [1.807, 2.05) is 36.4 Å². The Morgan fingerprint density at radius 3 is 1.83 bits per heavy atom. The van der Waals surface area contributed by atoms with Crippen LogP contribution in [-0.4, -0.2) is 36.3 Å².